The number of allylic oxidation sites excluding steroid dienone is 1. The predicted molar refractivity (Wildman–Crippen MR) is 148 cm³/mol. The minimum absolute atomic E-state index is 0.0218. The van der Waals surface area contributed by atoms with Crippen LogP contribution in [0.15, 0.2) is 11.6 Å². The Morgan fingerprint density at radius 1 is 1.05 bits per heavy atom. The van der Waals surface area contributed by atoms with Gasteiger partial charge in [0.2, 0.25) is 0 Å². The molecule has 0 radical (unpaired) electrons. The second kappa shape index (κ2) is 9.30. The zero-order chi connectivity index (χ0) is 30.4. The number of ketones is 3. The van der Waals surface area contributed by atoms with Gasteiger partial charge in [0, 0.05) is 42.9 Å². The number of hydrogen-bond donors (Lipinski definition) is 3. The van der Waals surface area contributed by atoms with E-state index in [4.69, 9.17) is 4.74 Å². The van der Waals surface area contributed by atoms with Crippen LogP contribution in [0.25, 0.3) is 0 Å². The molecular weight excluding hydrogens is 512 g/mol. The third kappa shape index (κ3) is 4.18. The van der Waals surface area contributed by atoms with Crippen LogP contribution in [-0.4, -0.2) is 62.0 Å². The first-order valence-corrected chi connectivity index (χ1v) is 14.7. The van der Waals surface area contributed by atoms with E-state index >= 15 is 0 Å². The van der Waals surface area contributed by atoms with Gasteiger partial charge in [0.25, 0.3) is 0 Å². The first-order chi connectivity index (χ1) is 18.1. The van der Waals surface area contributed by atoms with Crippen LogP contribution in [0.2, 0.25) is 0 Å². The maximum Gasteiger partial charge on any atom is 0.303 e. The molecule has 4 rings (SSSR count). The van der Waals surface area contributed by atoms with Gasteiger partial charge in [-0.1, -0.05) is 46.3 Å². The van der Waals surface area contributed by atoms with E-state index in [1.165, 1.54) is 13.8 Å². The van der Waals surface area contributed by atoms with E-state index in [0.717, 1.165) is 5.57 Å². The minimum Gasteiger partial charge on any atom is -0.460 e. The van der Waals surface area contributed by atoms with E-state index < -0.39 is 62.7 Å². The lowest BCUT2D eigenvalue weighted by molar-refractivity contribution is -0.184. The quantitative estimate of drug-likeness (QED) is 0.330. The molecule has 9 atom stereocenters. The Balaban J connectivity index is 1.70. The lowest BCUT2D eigenvalue weighted by Gasteiger charge is -2.64. The van der Waals surface area contributed by atoms with Gasteiger partial charge in [0.15, 0.2) is 11.6 Å². The fraction of sp³-hybridized carbons (Fsp3) is 0.812. The van der Waals surface area contributed by atoms with Crippen molar-refractivity contribution in [3.63, 3.8) is 0 Å². The molecule has 8 heteroatoms. The molecule has 8 nitrogen and oxygen atoms in total. The third-order valence-electron chi connectivity index (χ3n) is 12.0. The molecule has 9 unspecified atom stereocenters. The van der Waals surface area contributed by atoms with Crippen molar-refractivity contribution in [2.75, 3.05) is 0 Å². The van der Waals surface area contributed by atoms with E-state index in [-0.39, 0.29) is 49.1 Å². The number of carbonyl (C=O) groups is 4. The molecule has 4 aliphatic rings. The van der Waals surface area contributed by atoms with Crippen molar-refractivity contribution >= 4 is 23.3 Å². The number of aliphatic hydroxyl groups excluding tert-OH is 2. The SMILES string of the molecule is CC(=O)OC(C)(C)CCC(=O)C(C)(O)C1C(O)CC2(C)C3CC=C4C(CC(=O)C(O)C4(C)C)C3(C)C(=O)CC12C. The number of fused-ring (bicyclic) bond motifs is 5. The molecule has 3 N–H and O–H groups in total. The highest BCUT2D eigenvalue weighted by Crippen LogP contribution is 2.74. The monoisotopic (exact) mass is 560 g/mol. The second-order valence-corrected chi connectivity index (χ2v) is 15.2. The minimum atomic E-state index is -1.91. The zero-order valence-electron chi connectivity index (χ0n) is 25.6. The maximum atomic E-state index is 14.3. The lowest BCUT2D eigenvalue weighted by Crippen LogP contribution is -2.65. The molecule has 0 heterocycles. The van der Waals surface area contributed by atoms with E-state index in [1.807, 2.05) is 27.7 Å². The van der Waals surface area contributed by atoms with Gasteiger partial charge in [-0.15, -0.1) is 0 Å². The van der Waals surface area contributed by atoms with Crippen LogP contribution < -0.4 is 0 Å². The van der Waals surface area contributed by atoms with E-state index in [9.17, 15) is 34.5 Å². The molecule has 0 bridgehead atoms. The number of ether oxygens (including phenoxy) is 1. The van der Waals surface area contributed by atoms with Gasteiger partial charge in [0.1, 0.15) is 23.1 Å². The average Bonchev–Trinajstić information content (AvgIpc) is 3.01. The highest BCUT2D eigenvalue weighted by molar-refractivity contribution is 5.93. The fourth-order valence-corrected chi connectivity index (χ4v) is 9.63. The molecule has 0 spiro atoms. The van der Waals surface area contributed by atoms with Gasteiger partial charge in [-0.25, -0.2) is 0 Å². The Kier molecular flexibility index (Phi) is 7.22. The van der Waals surface area contributed by atoms with Crippen LogP contribution in [0.1, 0.15) is 101 Å². The highest BCUT2D eigenvalue weighted by atomic mass is 16.6. The maximum absolute atomic E-state index is 14.3. The predicted octanol–water partition coefficient (Wildman–Crippen LogP) is 3.72. The van der Waals surface area contributed by atoms with Crippen molar-refractivity contribution in [2.24, 2.45) is 39.4 Å². The molecule has 3 saturated carbocycles. The van der Waals surface area contributed by atoms with Gasteiger partial charge < -0.3 is 20.1 Å². The van der Waals surface area contributed by atoms with Gasteiger partial charge in [-0.2, -0.15) is 0 Å². The standard InChI is InChI=1S/C32H48O8/c1-17(33)40-27(2,3)13-12-23(36)32(9,39)25-21(35)15-29(6)22-11-10-18-19(14-20(34)26(38)28(18,4)5)31(22,8)24(37)16-30(25,29)7/h10,19,21-22,25-26,35,38-39H,11-16H2,1-9H3. The lowest BCUT2D eigenvalue weighted by atomic mass is 9.38. The average molecular weight is 561 g/mol. The topological polar surface area (TPSA) is 138 Å². The van der Waals surface area contributed by atoms with Crippen LogP contribution in [0.4, 0.5) is 0 Å². The first kappa shape index (κ1) is 31.0. The molecule has 0 aromatic heterocycles. The molecule has 3 fully saturated rings. The summed E-state index contributed by atoms with van der Waals surface area (Å²) in [5, 5.41) is 34.0. The summed E-state index contributed by atoms with van der Waals surface area (Å²) < 4.78 is 5.31. The van der Waals surface area contributed by atoms with Crippen LogP contribution >= 0.6 is 0 Å². The van der Waals surface area contributed by atoms with Crippen molar-refractivity contribution in [3.05, 3.63) is 11.6 Å². The zero-order valence-corrected chi connectivity index (χ0v) is 25.6. The van der Waals surface area contributed by atoms with Crippen molar-refractivity contribution in [2.45, 2.75) is 124 Å². The van der Waals surface area contributed by atoms with Gasteiger partial charge in [0.05, 0.1) is 6.10 Å². The van der Waals surface area contributed by atoms with Gasteiger partial charge in [-0.3, -0.25) is 19.2 Å². The first-order valence-electron chi connectivity index (χ1n) is 14.7. The Hall–Kier alpha value is -1.90. The summed E-state index contributed by atoms with van der Waals surface area (Å²) in [6.45, 7) is 15.8. The number of carbonyl (C=O) groups excluding carboxylic acids is 4. The molecule has 0 amide bonds. The number of hydrogen-bond acceptors (Lipinski definition) is 8. The molecule has 0 aromatic carbocycles. The largest absolute Gasteiger partial charge is 0.460 e. The molecule has 0 saturated heterocycles. The molecule has 224 valence electrons. The Labute approximate surface area is 237 Å². The summed E-state index contributed by atoms with van der Waals surface area (Å²) in [6, 6.07) is 0. The second-order valence-electron chi connectivity index (χ2n) is 15.2. The summed E-state index contributed by atoms with van der Waals surface area (Å²) in [5.74, 6) is -2.62. The number of Topliss-reactive ketones (excluding diaryl/α,β-unsaturated/α-hetero) is 3. The third-order valence-corrected chi connectivity index (χ3v) is 12.0. The molecule has 0 aliphatic heterocycles. The van der Waals surface area contributed by atoms with E-state index in [0.29, 0.717) is 12.8 Å². The van der Waals surface area contributed by atoms with Crippen LogP contribution in [0.5, 0.6) is 0 Å². The summed E-state index contributed by atoms with van der Waals surface area (Å²) in [5.41, 5.74) is -4.98. The summed E-state index contributed by atoms with van der Waals surface area (Å²) >= 11 is 0. The summed E-state index contributed by atoms with van der Waals surface area (Å²) in [6.07, 6.45) is 1.17. The van der Waals surface area contributed by atoms with E-state index in [2.05, 4.69) is 13.0 Å². The smallest absolute Gasteiger partial charge is 0.303 e. The van der Waals surface area contributed by atoms with Crippen LogP contribution in [0.3, 0.4) is 0 Å². The Morgan fingerprint density at radius 3 is 2.23 bits per heavy atom. The fourth-order valence-electron chi connectivity index (χ4n) is 9.63. The summed E-state index contributed by atoms with van der Waals surface area (Å²) in [4.78, 5) is 52.2. The number of aliphatic hydroxyl groups is 3. The number of esters is 1. The molecule has 40 heavy (non-hydrogen) atoms. The Bertz CT molecular complexity index is 1160. The van der Waals surface area contributed by atoms with Crippen molar-refractivity contribution in [1.82, 2.24) is 0 Å². The van der Waals surface area contributed by atoms with Crippen molar-refractivity contribution in [1.29, 1.82) is 0 Å². The van der Waals surface area contributed by atoms with Crippen LogP contribution in [0, 0.1) is 39.4 Å². The van der Waals surface area contributed by atoms with Crippen molar-refractivity contribution < 1.29 is 39.2 Å². The highest BCUT2D eigenvalue weighted by Gasteiger charge is 2.74. The molecule has 0 aromatic rings. The normalized spacial score (nSPS) is 42.2. The van der Waals surface area contributed by atoms with Gasteiger partial charge >= 0.3 is 5.97 Å². The molecular formula is C32H48O8. The van der Waals surface area contributed by atoms with E-state index in [1.54, 1.807) is 13.8 Å². The number of rotatable bonds is 6. The Morgan fingerprint density at radius 2 is 1.65 bits per heavy atom. The van der Waals surface area contributed by atoms with Crippen LogP contribution in [-0.2, 0) is 23.9 Å². The summed E-state index contributed by atoms with van der Waals surface area (Å²) in [7, 11) is 0. The van der Waals surface area contributed by atoms with Gasteiger partial charge in [-0.05, 0) is 62.7 Å². The molecule has 4 aliphatic carbocycles. The van der Waals surface area contributed by atoms with Crippen molar-refractivity contribution in [3.8, 4) is 0 Å².